The van der Waals surface area contributed by atoms with Crippen LogP contribution in [0.5, 0.6) is 0 Å². The highest BCUT2D eigenvalue weighted by atomic mass is 16.5. The Morgan fingerprint density at radius 1 is 1.22 bits per heavy atom. The van der Waals surface area contributed by atoms with Crippen LogP contribution in [0, 0.1) is 0 Å². The molecule has 1 aromatic rings. The van der Waals surface area contributed by atoms with E-state index in [-0.39, 0.29) is 18.6 Å². The molecule has 0 aliphatic rings. The predicted octanol–water partition coefficient (Wildman–Crippen LogP) is 1.70. The molecule has 1 aromatic carbocycles. The molecule has 1 N–H and O–H groups in total. The molecule has 0 saturated carbocycles. The van der Waals surface area contributed by atoms with Gasteiger partial charge >= 0.3 is 5.97 Å². The Morgan fingerprint density at radius 2 is 1.78 bits per heavy atom. The number of benzene rings is 1. The fourth-order valence-corrected chi connectivity index (χ4v) is 1.48. The maximum Gasteiger partial charge on any atom is 0.379 e. The van der Waals surface area contributed by atoms with Crippen molar-refractivity contribution < 1.29 is 19.4 Å². The average molecular weight is 250 g/mol. The maximum absolute atomic E-state index is 11.6. The van der Waals surface area contributed by atoms with Gasteiger partial charge in [-0.3, -0.25) is 4.79 Å². The summed E-state index contributed by atoms with van der Waals surface area (Å²) in [6.07, 6.45) is 0. The van der Waals surface area contributed by atoms with Crippen molar-refractivity contribution in [1.82, 2.24) is 0 Å². The number of rotatable bonds is 5. The molecule has 4 nitrogen and oxygen atoms in total. The molecule has 0 aromatic heterocycles. The van der Waals surface area contributed by atoms with Crippen molar-refractivity contribution in [3.63, 3.8) is 0 Å². The van der Waals surface area contributed by atoms with E-state index < -0.39 is 11.8 Å². The number of Topliss-reactive ketones (excluding diaryl/α,β-unsaturated/α-hetero) is 1. The summed E-state index contributed by atoms with van der Waals surface area (Å²) < 4.78 is 4.65. The highest BCUT2D eigenvalue weighted by Crippen LogP contribution is 2.22. The SMILES string of the molecule is CCOC(=O)C(=O)c1ccc(C(C)(C)CO)cc1. The number of carbonyl (C=O) groups is 2. The first kappa shape index (κ1) is 14.4. The molecule has 0 bridgehead atoms. The Kier molecular flexibility index (Phi) is 4.62. The van der Waals surface area contributed by atoms with Crippen LogP contribution < -0.4 is 0 Å². The largest absolute Gasteiger partial charge is 0.460 e. The van der Waals surface area contributed by atoms with Crippen molar-refractivity contribution in [3.05, 3.63) is 35.4 Å². The van der Waals surface area contributed by atoms with Crippen LogP contribution in [0.15, 0.2) is 24.3 Å². The van der Waals surface area contributed by atoms with Crippen molar-refractivity contribution in [2.75, 3.05) is 13.2 Å². The number of hydrogen-bond donors (Lipinski definition) is 1. The van der Waals surface area contributed by atoms with E-state index >= 15 is 0 Å². The topological polar surface area (TPSA) is 63.6 Å². The van der Waals surface area contributed by atoms with E-state index in [9.17, 15) is 14.7 Å². The summed E-state index contributed by atoms with van der Waals surface area (Å²) in [6.45, 7) is 5.64. The van der Waals surface area contributed by atoms with Crippen molar-refractivity contribution in [3.8, 4) is 0 Å². The Balaban J connectivity index is 2.90. The molecule has 0 heterocycles. The summed E-state index contributed by atoms with van der Waals surface area (Å²) in [5.41, 5.74) is 0.835. The van der Waals surface area contributed by atoms with E-state index in [0.717, 1.165) is 5.56 Å². The lowest BCUT2D eigenvalue weighted by molar-refractivity contribution is -0.137. The van der Waals surface area contributed by atoms with Gasteiger partial charge < -0.3 is 9.84 Å². The van der Waals surface area contributed by atoms with Gasteiger partial charge in [0.05, 0.1) is 13.2 Å². The molecular weight excluding hydrogens is 232 g/mol. The highest BCUT2D eigenvalue weighted by Gasteiger charge is 2.21. The Hall–Kier alpha value is -1.68. The summed E-state index contributed by atoms with van der Waals surface area (Å²) in [6, 6.07) is 6.63. The predicted molar refractivity (Wildman–Crippen MR) is 67.5 cm³/mol. The van der Waals surface area contributed by atoms with Crippen molar-refractivity contribution in [2.45, 2.75) is 26.2 Å². The third-order valence-corrected chi connectivity index (χ3v) is 2.78. The number of ketones is 1. The molecule has 0 spiro atoms. The molecule has 98 valence electrons. The van der Waals surface area contributed by atoms with Crippen LogP contribution in [0.25, 0.3) is 0 Å². The van der Waals surface area contributed by atoms with Crippen molar-refractivity contribution >= 4 is 11.8 Å². The van der Waals surface area contributed by atoms with E-state index in [0.29, 0.717) is 5.56 Å². The van der Waals surface area contributed by atoms with E-state index in [1.54, 1.807) is 31.2 Å². The number of esters is 1. The van der Waals surface area contributed by atoms with E-state index in [1.807, 2.05) is 13.8 Å². The van der Waals surface area contributed by atoms with Gasteiger partial charge in [-0.15, -0.1) is 0 Å². The van der Waals surface area contributed by atoms with Crippen LogP contribution in [0.1, 0.15) is 36.7 Å². The zero-order valence-electron chi connectivity index (χ0n) is 10.9. The van der Waals surface area contributed by atoms with E-state index in [1.165, 1.54) is 0 Å². The number of ether oxygens (including phenoxy) is 1. The van der Waals surface area contributed by atoms with Gasteiger partial charge in [0.15, 0.2) is 0 Å². The van der Waals surface area contributed by atoms with Gasteiger partial charge in [0, 0.05) is 11.0 Å². The maximum atomic E-state index is 11.6. The zero-order chi connectivity index (χ0) is 13.8. The smallest absolute Gasteiger partial charge is 0.379 e. The van der Waals surface area contributed by atoms with Crippen LogP contribution in [-0.2, 0) is 14.9 Å². The molecule has 18 heavy (non-hydrogen) atoms. The Morgan fingerprint density at radius 3 is 2.22 bits per heavy atom. The molecule has 0 atom stereocenters. The third-order valence-electron chi connectivity index (χ3n) is 2.78. The quantitative estimate of drug-likeness (QED) is 0.491. The summed E-state index contributed by atoms with van der Waals surface area (Å²) >= 11 is 0. The molecule has 4 heteroatoms. The molecular formula is C14H18O4. The fraction of sp³-hybridized carbons (Fsp3) is 0.429. The average Bonchev–Trinajstić information content (AvgIpc) is 2.38. The first-order valence-corrected chi connectivity index (χ1v) is 5.85. The first-order chi connectivity index (χ1) is 8.42. The highest BCUT2D eigenvalue weighted by molar-refractivity contribution is 6.40. The van der Waals surface area contributed by atoms with E-state index in [4.69, 9.17) is 0 Å². The number of aliphatic hydroxyl groups excluding tert-OH is 1. The van der Waals surface area contributed by atoms with Crippen LogP contribution in [-0.4, -0.2) is 30.1 Å². The summed E-state index contributed by atoms with van der Waals surface area (Å²) in [7, 11) is 0. The van der Waals surface area contributed by atoms with Gasteiger partial charge in [-0.1, -0.05) is 38.1 Å². The van der Waals surface area contributed by atoms with Crippen LogP contribution in [0.2, 0.25) is 0 Å². The number of hydrogen-bond acceptors (Lipinski definition) is 4. The summed E-state index contributed by atoms with van der Waals surface area (Å²) in [5, 5.41) is 9.24. The standard InChI is InChI=1S/C14H18O4/c1-4-18-13(17)12(16)10-5-7-11(8-6-10)14(2,3)9-15/h5-8,15H,4,9H2,1-3H3. The number of aliphatic hydroxyl groups is 1. The molecule has 0 fully saturated rings. The lowest BCUT2D eigenvalue weighted by atomic mass is 9.85. The fourth-order valence-electron chi connectivity index (χ4n) is 1.48. The minimum atomic E-state index is -0.841. The van der Waals surface area contributed by atoms with Gasteiger partial charge in [0.1, 0.15) is 0 Å². The molecule has 0 aliphatic carbocycles. The minimum absolute atomic E-state index is 0.0121. The molecule has 0 amide bonds. The van der Waals surface area contributed by atoms with Crippen LogP contribution in [0.3, 0.4) is 0 Å². The molecule has 0 aliphatic heterocycles. The Bertz CT molecular complexity index is 432. The van der Waals surface area contributed by atoms with Crippen molar-refractivity contribution in [1.29, 1.82) is 0 Å². The minimum Gasteiger partial charge on any atom is -0.460 e. The molecule has 0 radical (unpaired) electrons. The normalized spacial score (nSPS) is 11.1. The van der Waals surface area contributed by atoms with Crippen molar-refractivity contribution in [2.24, 2.45) is 0 Å². The van der Waals surface area contributed by atoms with E-state index in [2.05, 4.69) is 4.74 Å². The Labute approximate surface area is 107 Å². The van der Waals surface area contributed by atoms with Crippen LogP contribution >= 0.6 is 0 Å². The molecule has 1 rings (SSSR count). The van der Waals surface area contributed by atoms with Gasteiger partial charge in [0.2, 0.25) is 0 Å². The summed E-state index contributed by atoms with van der Waals surface area (Å²) in [4.78, 5) is 22.9. The monoisotopic (exact) mass is 250 g/mol. The van der Waals surface area contributed by atoms with Gasteiger partial charge in [0.25, 0.3) is 5.78 Å². The van der Waals surface area contributed by atoms with Gasteiger partial charge in [-0.2, -0.15) is 0 Å². The molecule has 0 unspecified atom stereocenters. The second kappa shape index (κ2) is 5.78. The third kappa shape index (κ3) is 3.17. The number of carbonyl (C=O) groups excluding carboxylic acids is 2. The van der Waals surface area contributed by atoms with Gasteiger partial charge in [-0.05, 0) is 12.5 Å². The zero-order valence-corrected chi connectivity index (χ0v) is 10.9. The molecule has 0 saturated heterocycles. The second-order valence-electron chi connectivity index (χ2n) is 4.67. The lowest BCUT2D eigenvalue weighted by Gasteiger charge is -2.22. The lowest BCUT2D eigenvalue weighted by Crippen LogP contribution is -2.22. The van der Waals surface area contributed by atoms with Gasteiger partial charge in [-0.25, -0.2) is 4.79 Å². The summed E-state index contributed by atoms with van der Waals surface area (Å²) in [5.74, 6) is -1.49. The second-order valence-corrected chi connectivity index (χ2v) is 4.67. The van der Waals surface area contributed by atoms with Crippen LogP contribution in [0.4, 0.5) is 0 Å². The first-order valence-electron chi connectivity index (χ1n) is 5.85.